The average Bonchev–Trinajstić information content (AvgIpc) is 3.07. The van der Waals surface area contributed by atoms with E-state index < -0.39 is 17.5 Å². The van der Waals surface area contributed by atoms with Crippen molar-refractivity contribution >= 4 is 22.4 Å². The van der Waals surface area contributed by atoms with Crippen LogP contribution in [0.15, 0.2) is 48.8 Å². The first kappa shape index (κ1) is 15.1. The number of aromatic nitrogens is 4. The van der Waals surface area contributed by atoms with Crippen molar-refractivity contribution in [1.29, 1.82) is 0 Å². The number of benzene rings is 2. The van der Waals surface area contributed by atoms with Gasteiger partial charge >= 0.3 is 0 Å². The van der Waals surface area contributed by atoms with Crippen molar-refractivity contribution in [3.63, 3.8) is 0 Å². The average molecular weight is 341 g/mol. The lowest BCUT2D eigenvalue weighted by molar-refractivity contribution is 0.509. The first-order valence-electron chi connectivity index (χ1n) is 7.28. The molecular weight excluding hydrogens is 331 g/mol. The van der Waals surface area contributed by atoms with Crippen molar-refractivity contribution in [2.75, 3.05) is 5.32 Å². The quantitative estimate of drug-likeness (QED) is 0.587. The maximum Gasteiger partial charge on any atom is 0.184 e. The van der Waals surface area contributed by atoms with Crippen molar-refractivity contribution in [2.24, 2.45) is 0 Å². The Morgan fingerprint density at radius 2 is 1.76 bits per heavy atom. The Morgan fingerprint density at radius 3 is 2.60 bits per heavy atom. The molecule has 0 radical (unpaired) electrons. The molecule has 0 saturated heterocycles. The number of rotatable bonds is 3. The van der Waals surface area contributed by atoms with E-state index in [0.29, 0.717) is 5.69 Å². The minimum Gasteiger partial charge on any atom is -0.338 e. The van der Waals surface area contributed by atoms with Crippen molar-refractivity contribution < 1.29 is 13.2 Å². The van der Waals surface area contributed by atoms with E-state index in [1.807, 2.05) is 0 Å². The number of aromatic amines is 1. The zero-order valence-electron chi connectivity index (χ0n) is 12.6. The van der Waals surface area contributed by atoms with Gasteiger partial charge in [0, 0.05) is 16.6 Å². The highest BCUT2D eigenvalue weighted by atomic mass is 19.2. The van der Waals surface area contributed by atoms with Gasteiger partial charge in [0.1, 0.15) is 0 Å². The molecule has 5 nitrogen and oxygen atoms in total. The van der Waals surface area contributed by atoms with E-state index in [0.717, 1.165) is 29.2 Å². The van der Waals surface area contributed by atoms with Crippen molar-refractivity contribution in [1.82, 2.24) is 20.2 Å². The Hall–Kier alpha value is -3.42. The lowest BCUT2D eigenvalue weighted by Crippen LogP contribution is -2.01. The van der Waals surface area contributed by atoms with Crippen LogP contribution in [0.3, 0.4) is 0 Å². The number of hydrogen-bond acceptors (Lipinski definition) is 4. The van der Waals surface area contributed by atoms with Crippen LogP contribution in [0.4, 0.5) is 24.7 Å². The first-order valence-corrected chi connectivity index (χ1v) is 7.28. The zero-order chi connectivity index (χ0) is 17.4. The number of H-pyrrole nitrogens is 1. The monoisotopic (exact) mass is 341 g/mol. The summed E-state index contributed by atoms with van der Waals surface area (Å²) in [5, 5.41) is 10.4. The molecule has 0 saturated carbocycles. The first-order chi connectivity index (χ1) is 12.1. The fourth-order valence-corrected chi connectivity index (χ4v) is 2.39. The van der Waals surface area contributed by atoms with Crippen LogP contribution < -0.4 is 5.32 Å². The molecule has 8 heteroatoms. The predicted molar refractivity (Wildman–Crippen MR) is 86.7 cm³/mol. The molecule has 0 fully saturated rings. The molecule has 0 aliphatic carbocycles. The molecule has 0 atom stereocenters. The second kappa shape index (κ2) is 5.90. The Labute approximate surface area is 139 Å². The van der Waals surface area contributed by atoms with Gasteiger partial charge in [-0.15, -0.1) is 0 Å². The summed E-state index contributed by atoms with van der Waals surface area (Å²) in [4.78, 5) is 7.90. The maximum atomic E-state index is 14.0. The van der Waals surface area contributed by atoms with Crippen LogP contribution in [-0.2, 0) is 0 Å². The number of nitrogens with one attached hydrogen (secondary N) is 2. The molecule has 124 valence electrons. The lowest BCUT2D eigenvalue weighted by Gasteiger charge is -2.08. The molecule has 4 aromatic rings. The minimum absolute atomic E-state index is 0.0717. The second-order valence-corrected chi connectivity index (χ2v) is 5.32. The van der Waals surface area contributed by atoms with Gasteiger partial charge < -0.3 is 5.32 Å². The fraction of sp³-hybridized carbons (Fsp3) is 0. The summed E-state index contributed by atoms with van der Waals surface area (Å²) in [6.07, 6.45) is 2.62. The standard InChI is InChI=1S/C17H10F3N5/c18-12-3-1-9(6-13(12)19)16-21-8-14(20)17(24-16)23-11-2-4-15-10(5-11)7-22-25-15/h1-8H,(H,22,25)(H,21,23,24). The van der Waals surface area contributed by atoms with Crippen LogP contribution in [0, 0.1) is 17.5 Å². The Bertz CT molecular complexity index is 1080. The number of halogens is 3. The topological polar surface area (TPSA) is 66.5 Å². The molecule has 0 aliphatic rings. The molecule has 2 aromatic carbocycles. The smallest absolute Gasteiger partial charge is 0.184 e. The van der Waals surface area contributed by atoms with Crippen molar-refractivity contribution in [3.8, 4) is 11.4 Å². The number of nitrogens with zero attached hydrogens (tertiary/aromatic N) is 3. The van der Waals surface area contributed by atoms with Gasteiger partial charge in [-0.2, -0.15) is 5.10 Å². The molecule has 2 heterocycles. The molecule has 0 unspecified atom stereocenters. The van der Waals surface area contributed by atoms with Crippen LogP contribution in [0.1, 0.15) is 0 Å². The Kier molecular flexibility index (Phi) is 3.57. The molecule has 2 N–H and O–H groups in total. The number of hydrogen-bond donors (Lipinski definition) is 2. The third-order valence-electron chi connectivity index (χ3n) is 3.62. The Balaban J connectivity index is 1.70. The lowest BCUT2D eigenvalue weighted by atomic mass is 10.2. The van der Waals surface area contributed by atoms with Crippen LogP contribution in [0.25, 0.3) is 22.3 Å². The minimum atomic E-state index is -1.02. The van der Waals surface area contributed by atoms with E-state index in [-0.39, 0.29) is 17.2 Å². The molecule has 0 aliphatic heterocycles. The Morgan fingerprint density at radius 1 is 0.880 bits per heavy atom. The number of fused-ring (bicyclic) bond motifs is 1. The van der Waals surface area contributed by atoms with Crippen molar-refractivity contribution in [2.45, 2.75) is 0 Å². The summed E-state index contributed by atoms with van der Waals surface area (Å²) in [6.45, 7) is 0. The van der Waals surface area contributed by atoms with Crippen LogP contribution in [-0.4, -0.2) is 20.2 Å². The largest absolute Gasteiger partial charge is 0.338 e. The number of anilines is 2. The normalized spacial score (nSPS) is 11.0. The summed E-state index contributed by atoms with van der Waals surface area (Å²) in [5.74, 6) is -2.66. The summed E-state index contributed by atoms with van der Waals surface area (Å²) < 4.78 is 40.5. The van der Waals surface area contributed by atoms with Crippen molar-refractivity contribution in [3.05, 3.63) is 66.2 Å². The molecule has 0 bridgehead atoms. The maximum absolute atomic E-state index is 14.0. The third-order valence-corrected chi connectivity index (χ3v) is 3.62. The van der Waals surface area contributed by atoms with Gasteiger partial charge in [-0.05, 0) is 36.4 Å². The third kappa shape index (κ3) is 2.89. The van der Waals surface area contributed by atoms with E-state index >= 15 is 0 Å². The molecular formula is C17H10F3N5. The molecule has 0 amide bonds. The van der Waals surface area contributed by atoms with Gasteiger partial charge in [0.2, 0.25) is 0 Å². The van der Waals surface area contributed by atoms with Crippen LogP contribution >= 0.6 is 0 Å². The van der Waals surface area contributed by atoms with Gasteiger partial charge in [0.25, 0.3) is 0 Å². The molecule has 2 aromatic heterocycles. The zero-order valence-corrected chi connectivity index (χ0v) is 12.6. The van der Waals surface area contributed by atoms with Gasteiger partial charge in [-0.3, -0.25) is 5.10 Å². The second-order valence-electron chi connectivity index (χ2n) is 5.32. The van der Waals surface area contributed by atoms with E-state index in [4.69, 9.17) is 0 Å². The molecule has 25 heavy (non-hydrogen) atoms. The molecule has 4 rings (SSSR count). The van der Waals surface area contributed by atoms with E-state index in [1.165, 1.54) is 6.07 Å². The molecule has 0 spiro atoms. The van der Waals surface area contributed by atoms with Gasteiger partial charge in [0.15, 0.2) is 29.1 Å². The van der Waals surface area contributed by atoms with E-state index in [9.17, 15) is 13.2 Å². The van der Waals surface area contributed by atoms with Gasteiger partial charge in [-0.25, -0.2) is 23.1 Å². The summed E-state index contributed by atoms with van der Waals surface area (Å²) >= 11 is 0. The predicted octanol–water partition coefficient (Wildman–Crippen LogP) is 4.18. The summed E-state index contributed by atoms with van der Waals surface area (Å²) in [7, 11) is 0. The highest BCUT2D eigenvalue weighted by Gasteiger charge is 2.11. The summed E-state index contributed by atoms with van der Waals surface area (Å²) in [6, 6.07) is 8.56. The SMILES string of the molecule is Fc1ccc(-c2ncc(F)c(Nc3ccc4[nH]ncc4c3)n2)cc1F. The highest BCUT2D eigenvalue weighted by molar-refractivity contribution is 5.82. The van der Waals surface area contributed by atoms with Gasteiger partial charge in [0.05, 0.1) is 17.9 Å². The van der Waals surface area contributed by atoms with Crippen LogP contribution in [0.5, 0.6) is 0 Å². The highest BCUT2D eigenvalue weighted by Crippen LogP contribution is 2.24. The summed E-state index contributed by atoms with van der Waals surface area (Å²) in [5.41, 5.74) is 1.69. The van der Waals surface area contributed by atoms with E-state index in [2.05, 4.69) is 25.5 Å². The van der Waals surface area contributed by atoms with E-state index in [1.54, 1.807) is 24.4 Å². The van der Waals surface area contributed by atoms with Crippen LogP contribution in [0.2, 0.25) is 0 Å². The fourth-order valence-electron chi connectivity index (χ4n) is 2.39. The van der Waals surface area contributed by atoms with Gasteiger partial charge in [-0.1, -0.05) is 0 Å².